The molecule has 7 heteroatoms. The van der Waals surface area contributed by atoms with Crippen molar-refractivity contribution in [2.24, 2.45) is 11.8 Å². The average Bonchev–Trinajstić information content (AvgIpc) is 2.87. The second-order valence-electron chi connectivity index (χ2n) is 8.39. The molecule has 2 amide bonds. The second kappa shape index (κ2) is 9.35. The minimum atomic E-state index is -0.666. The van der Waals surface area contributed by atoms with E-state index in [2.05, 4.69) is 29.5 Å². The molecule has 1 aromatic heterocycles. The minimum absolute atomic E-state index is 0.0692. The fourth-order valence-electron chi connectivity index (χ4n) is 2.46. The molecule has 6 nitrogen and oxygen atoms in total. The zero-order valence-electron chi connectivity index (χ0n) is 17.2. The van der Waals surface area contributed by atoms with Gasteiger partial charge in [-0.3, -0.25) is 4.79 Å². The number of hydrogen-bond acceptors (Lipinski definition) is 5. The van der Waals surface area contributed by atoms with Crippen LogP contribution < -0.4 is 10.6 Å². The first-order valence-corrected chi connectivity index (χ1v) is 9.99. The molecule has 0 saturated heterocycles. The third-order valence-electron chi connectivity index (χ3n) is 3.58. The van der Waals surface area contributed by atoms with Crippen molar-refractivity contribution >= 4 is 23.3 Å². The number of ether oxygens (including phenoxy) is 1. The van der Waals surface area contributed by atoms with E-state index in [1.165, 1.54) is 0 Å². The molecular weight excluding hydrogens is 350 g/mol. The molecule has 1 rings (SSSR count). The number of aryl methyl sites for hydroxylation is 1. The summed E-state index contributed by atoms with van der Waals surface area (Å²) >= 11 is 1.55. The summed E-state index contributed by atoms with van der Waals surface area (Å²) in [4.78, 5) is 29.5. The van der Waals surface area contributed by atoms with Crippen molar-refractivity contribution in [3.8, 4) is 0 Å². The fourth-order valence-corrected chi connectivity index (χ4v) is 3.32. The van der Waals surface area contributed by atoms with E-state index < -0.39 is 17.7 Å². The monoisotopic (exact) mass is 383 g/mol. The zero-order chi connectivity index (χ0) is 20.1. The van der Waals surface area contributed by atoms with Gasteiger partial charge in [0.25, 0.3) is 0 Å². The molecule has 0 aliphatic carbocycles. The maximum Gasteiger partial charge on any atom is 0.408 e. The van der Waals surface area contributed by atoms with E-state index in [9.17, 15) is 9.59 Å². The Morgan fingerprint density at radius 2 is 1.81 bits per heavy atom. The number of carbonyl (C=O) groups is 2. The summed E-state index contributed by atoms with van der Waals surface area (Å²) in [5.41, 5.74) is 0.334. The van der Waals surface area contributed by atoms with Gasteiger partial charge < -0.3 is 15.4 Å². The molecule has 26 heavy (non-hydrogen) atoms. The van der Waals surface area contributed by atoms with E-state index in [-0.39, 0.29) is 17.9 Å². The molecule has 0 bridgehead atoms. The van der Waals surface area contributed by atoms with Crippen molar-refractivity contribution in [3.63, 3.8) is 0 Å². The van der Waals surface area contributed by atoms with Gasteiger partial charge in [0.1, 0.15) is 16.7 Å². The molecule has 2 N–H and O–H groups in total. The Labute approximate surface area is 161 Å². The topological polar surface area (TPSA) is 80.3 Å². The lowest BCUT2D eigenvalue weighted by atomic mass is 10.0. The van der Waals surface area contributed by atoms with Gasteiger partial charge in [-0.2, -0.15) is 0 Å². The van der Waals surface area contributed by atoms with Crippen LogP contribution in [0.1, 0.15) is 71.6 Å². The highest BCUT2D eigenvalue weighted by atomic mass is 32.1. The molecule has 0 aliphatic heterocycles. The van der Waals surface area contributed by atoms with Crippen LogP contribution >= 0.6 is 11.3 Å². The maximum absolute atomic E-state index is 12.9. The lowest BCUT2D eigenvalue weighted by molar-refractivity contribution is -0.125. The summed E-state index contributed by atoms with van der Waals surface area (Å²) in [6.07, 6.45) is 0.201. The standard InChI is InChI=1S/C19H33N3O3S/c1-11(2)9-14(17-20-13(5)10-26-17)21-16(23)15(12(3)4)22-18(24)25-19(6,7)8/h10-12,14-15H,9H2,1-8H3,(H,21,23)(H,22,24). The molecule has 148 valence electrons. The number of rotatable bonds is 7. The van der Waals surface area contributed by atoms with Gasteiger partial charge in [0.15, 0.2) is 0 Å². The summed E-state index contributed by atoms with van der Waals surface area (Å²) in [6.45, 7) is 15.3. The predicted octanol–water partition coefficient (Wildman–Crippen LogP) is 4.20. The number of hydrogen-bond donors (Lipinski definition) is 2. The highest BCUT2D eigenvalue weighted by molar-refractivity contribution is 7.09. The van der Waals surface area contributed by atoms with E-state index in [1.54, 1.807) is 32.1 Å². The molecule has 1 aromatic rings. The van der Waals surface area contributed by atoms with Gasteiger partial charge in [-0.05, 0) is 46.0 Å². The highest BCUT2D eigenvalue weighted by Crippen LogP contribution is 2.25. The molecule has 0 aliphatic rings. The maximum atomic E-state index is 12.9. The second-order valence-corrected chi connectivity index (χ2v) is 9.28. The highest BCUT2D eigenvalue weighted by Gasteiger charge is 2.29. The van der Waals surface area contributed by atoms with Gasteiger partial charge >= 0.3 is 6.09 Å². The molecular formula is C19H33N3O3S. The number of alkyl carbamates (subject to hydrolysis) is 1. The number of nitrogens with zero attached hydrogens (tertiary/aromatic N) is 1. The third-order valence-corrected chi connectivity index (χ3v) is 4.66. The van der Waals surface area contributed by atoms with Gasteiger partial charge in [-0.1, -0.05) is 27.7 Å². The molecule has 0 radical (unpaired) electrons. The van der Waals surface area contributed by atoms with Crippen molar-refractivity contribution in [3.05, 3.63) is 16.1 Å². The summed E-state index contributed by atoms with van der Waals surface area (Å²) < 4.78 is 5.29. The van der Waals surface area contributed by atoms with Crippen molar-refractivity contribution in [1.82, 2.24) is 15.6 Å². The van der Waals surface area contributed by atoms with Crippen LogP contribution in [0.5, 0.6) is 0 Å². The largest absolute Gasteiger partial charge is 0.444 e. The van der Waals surface area contributed by atoms with E-state index in [4.69, 9.17) is 4.74 Å². The summed E-state index contributed by atoms with van der Waals surface area (Å²) in [5.74, 6) is 0.116. The van der Waals surface area contributed by atoms with E-state index in [0.29, 0.717) is 5.92 Å². The zero-order valence-corrected chi connectivity index (χ0v) is 18.0. The first-order chi connectivity index (χ1) is 11.9. The summed E-state index contributed by atoms with van der Waals surface area (Å²) in [7, 11) is 0. The first-order valence-electron chi connectivity index (χ1n) is 9.11. The van der Waals surface area contributed by atoms with E-state index in [1.807, 2.05) is 26.2 Å². The Kier molecular flexibility index (Phi) is 8.06. The SMILES string of the molecule is Cc1csc(C(CC(C)C)NC(=O)C(NC(=O)OC(C)(C)C)C(C)C)n1. The molecule has 0 spiro atoms. The van der Waals surface area contributed by atoms with Crippen LogP contribution in [0.4, 0.5) is 4.79 Å². The smallest absolute Gasteiger partial charge is 0.408 e. The van der Waals surface area contributed by atoms with Gasteiger partial charge in [-0.25, -0.2) is 9.78 Å². The van der Waals surface area contributed by atoms with Gasteiger partial charge in [0, 0.05) is 11.1 Å². The van der Waals surface area contributed by atoms with E-state index >= 15 is 0 Å². The van der Waals surface area contributed by atoms with Crippen molar-refractivity contribution in [2.45, 2.75) is 79.5 Å². The molecule has 0 fully saturated rings. The fraction of sp³-hybridized carbons (Fsp3) is 0.737. The number of carbonyl (C=O) groups excluding carboxylic acids is 2. The molecule has 0 saturated carbocycles. The molecule has 0 aromatic carbocycles. The predicted molar refractivity (Wildman–Crippen MR) is 105 cm³/mol. The Hall–Kier alpha value is -1.63. The summed E-state index contributed by atoms with van der Waals surface area (Å²) in [6, 6.07) is -0.830. The van der Waals surface area contributed by atoms with Crippen LogP contribution in [0, 0.1) is 18.8 Å². The van der Waals surface area contributed by atoms with Gasteiger partial charge in [0.2, 0.25) is 5.91 Å². The van der Waals surface area contributed by atoms with Crippen molar-refractivity contribution in [1.29, 1.82) is 0 Å². The Morgan fingerprint density at radius 3 is 2.23 bits per heavy atom. The molecule has 1 heterocycles. The van der Waals surface area contributed by atoms with Crippen LogP contribution in [0.3, 0.4) is 0 Å². The van der Waals surface area contributed by atoms with Crippen LogP contribution in [0.25, 0.3) is 0 Å². The number of nitrogens with one attached hydrogen (secondary N) is 2. The lowest BCUT2D eigenvalue weighted by Crippen LogP contribution is -2.51. The van der Waals surface area contributed by atoms with Crippen molar-refractivity contribution < 1.29 is 14.3 Å². The Bertz CT molecular complexity index is 605. The number of aromatic nitrogens is 1. The number of thiazole rings is 1. The average molecular weight is 384 g/mol. The quantitative estimate of drug-likeness (QED) is 0.739. The van der Waals surface area contributed by atoms with E-state index in [0.717, 1.165) is 17.1 Å². The van der Waals surface area contributed by atoms with Crippen LogP contribution in [0.15, 0.2) is 5.38 Å². The minimum Gasteiger partial charge on any atom is -0.444 e. The Balaban J connectivity index is 2.87. The van der Waals surface area contributed by atoms with Gasteiger partial charge in [-0.15, -0.1) is 11.3 Å². The van der Waals surface area contributed by atoms with Crippen LogP contribution in [-0.2, 0) is 9.53 Å². The van der Waals surface area contributed by atoms with Crippen LogP contribution in [0.2, 0.25) is 0 Å². The van der Waals surface area contributed by atoms with Crippen molar-refractivity contribution in [2.75, 3.05) is 0 Å². The molecule has 2 atom stereocenters. The third kappa shape index (κ3) is 7.72. The Morgan fingerprint density at radius 1 is 1.19 bits per heavy atom. The first kappa shape index (κ1) is 22.4. The lowest BCUT2D eigenvalue weighted by Gasteiger charge is -2.27. The van der Waals surface area contributed by atoms with Crippen LogP contribution in [-0.4, -0.2) is 28.6 Å². The van der Waals surface area contributed by atoms with Gasteiger partial charge in [0.05, 0.1) is 6.04 Å². The molecule has 2 unspecified atom stereocenters. The normalized spacial score (nSPS) is 14.2. The number of amides is 2. The summed E-state index contributed by atoms with van der Waals surface area (Å²) in [5, 5.41) is 8.64.